The summed E-state index contributed by atoms with van der Waals surface area (Å²) >= 11 is 0. The van der Waals surface area contributed by atoms with Gasteiger partial charge in [-0.25, -0.2) is 8.42 Å². The minimum absolute atomic E-state index is 0.0679. The molecule has 2 heterocycles. The molecule has 1 atom stereocenters. The molecular weight excluding hydrogens is 350 g/mol. The Morgan fingerprint density at radius 3 is 2.65 bits per heavy atom. The fourth-order valence-electron chi connectivity index (χ4n) is 4.02. The van der Waals surface area contributed by atoms with Gasteiger partial charge in [-0.1, -0.05) is 18.9 Å². The first kappa shape index (κ1) is 19.3. The lowest BCUT2D eigenvalue weighted by Gasteiger charge is -2.31. The molecule has 26 heavy (non-hydrogen) atoms. The molecule has 7 heteroatoms. The van der Waals surface area contributed by atoms with Crippen LogP contribution in [0.3, 0.4) is 0 Å². The van der Waals surface area contributed by atoms with E-state index in [9.17, 15) is 13.2 Å². The lowest BCUT2D eigenvalue weighted by atomic mass is 10.1. The zero-order chi connectivity index (χ0) is 18.4. The number of sulfone groups is 1. The monoisotopic (exact) mass is 379 g/mol. The van der Waals surface area contributed by atoms with Crippen molar-refractivity contribution < 1.29 is 13.2 Å². The molecule has 2 fully saturated rings. The number of rotatable bonds is 6. The molecule has 0 radical (unpaired) electrons. The highest BCUT2D eigenvalue weighted by Gasteiger charge is 2.34. The maximum Gasteiger partial charge on any atom is 0.238 e. The number of carbonyl (C=O) groups is 1. The van der Waals surface area contributed by atoms with Gasteiger partial charge in [0.25, 0.3) is 0 Å². The summed E-state index contributed by atoms with van der Waals surface area (Å²) in [5.74, 6) is -0.636. The van der Waals surface area contributed by atoms with Gasteiger partial charge in [0.05, 0.1) is 17.5 Å². The summed E-state index contributed by atoms with van der Waals surface area (Å²) in [7, 11) is -3.37. The summed E-state index contributed by atoms with van der Waals surface area (Å²) in [6, 6.07) is 5.70. The van der Waals surface area contributed by atoms with Crippen LogP contribution in [0.25, 0.3) is 0 Å². The van der Waals surface area contributed by atoms with E-state index in [0.717, 1.165) is 50.9 Å². The SMILES string of the molecule is O=C(CS(=O)(=O)C1CCCC1)N(Cc1ccccn1)C1CCCNCC1. The van der Waals surface area contributed by atoms with Gasteiger partial charge < -0.3 is 10.2 Å². The summed E-state index contributed by atoms with van der Waals surface area (Å²) in [5, 5.41) is 3.02. The molecule has 1 aromatic heterocycles. The fraction of sp³-hybridized carbons (Fsp3) is 0.684. The summed E-state index contributed by atoms with van der Waals surface area (Å²) < 4.78 is 25.4. The van der Waals surface area contributed by atoms with Crippen LogP contribution in [0.2, 0.25) is 0 Å². The number of amides is 1. The summed E-state index contributed by atoms with van der Waals surface area (Å²) in [6.45, 7) is 2.18. The number of carbonyl (C=O) groups excluding carboxylic acids is 1. The van der Waals surface area contributed by atoms with Crippen LogP contribution in [0.5, 0.6) is 0 Å². The van der Waals surface area contributed by atoms with Crippen molar-refractivity contribution in [2.45, 2.75) is 62.8 Å². The van der Waals surface area contributed by atoms with E-state index in [4.69, 9.17) is 0 Å². The molecule has 2 aliphatic rings. The Morgan fingerprint density at radius 2 is 1.92 bits per heavy atom. The molecule has 1 N–H and O–H groups in total. The molecule has 0 spiro atoms. The van der Waals surface area contributed by atoms with Gasteiger partial charge in [-0.05, 0) is 57.3 Å². The molecular formula is C19H29N3O3S. The number of hydrogen-bond donors (Lipinski definition) is 1. The highest BCUT2D eigenvalue weighted by molar-refractivity contribution is 7.92. The zero-order valence-corrected chi connectivity index (χ0v) is 16.1. The van der Waals surface area contributed by atoms with Crippen LogP contribution in [0, 0.1) is 0 Å². The third-order valence-corrected chi connectivity index (χ3v) is 7.64. The van der Waals surface area contributed by atoms with Crippen molar-refractivity contribution in [1.29, 1.82) is 0 Å². The molecule has 1 aliphatic carbocycles. The van der Waals surface area contributed by atoms with Gasteiger partial charge in [-0.15, -0.1) is 0 Å². The van der Waals surface area contributed by atoms with E-state index in [1.807, 2.05) is 18.2 Å². The van der Waals surface area contributed by atoms with Crippen LogP contribution < -0.4 is 5.32 Å². The van der Waals surface area contributed by atoms with Crippen molar-refractivity contribution in [3.63, 3.8) is 0 Å². The summed E-state index contributed by atoms with van der Waals surface area (Å²) in [4.78, 5) is 19.1. The molecule has 0 bridgehead atoms. The molecule has 1 aliphatic heterocycles. The van der Waals surface area contributed by atoms with Crippen LogP contribution in [-0.4, -0.2) is 54.3 Å². The molecule has 144 valence electrons. The number of aromatic nitrogens is 1. The molecule has 3 rings (SSSR count). The molecule has 0 aromatic carbocycles. The van der Waals surface area contributed by atoms with E-state index >= 15 is 0 Å². The van der Waals surface area contributed by atoms with Gasteiger partial charge in [0.2, 0.25) is 5.91 Å². The largest absolute Gasteiger partial charge is 0.333 e. The second-order valence-electron chi connectivity index (χ2n) is 7.39. The van der Waals surface area contributed by atoms with Gasteiger partial charge in [-0.2, -0.15) is 0 Å². The molecule has 1 amide bonds. The van der Waals surface area contributed by atoms with Crippen LogP contribution in [0.4, 0.5) is 0 Å². The second kappa shape index (κ2) is 8.95. The highest BCUT2D eigenvalue weighted by atomic mass is 32.2. The minimum Gasteiger partial charge on any atom is -0.333 e. The van der Waals surface area contributed by atoms with Crippen LogP contribution in [-0.2, 0) is 21.2 Å². The summed E-state index contributed by atoms with van der Waals surface area (Å²) in [6.07, 6.45) is 7.74. The van der Waals surface area contributed by atoms with Crippen molar-refractivity contribution in [3.8, 4) is 0 Å². The molecule has 1 aromatic rings. The Kier molecular flexibility index (Phi) is 6.64. The Bertz CT molecular complexity index is 679. The van der Waals surface area contributed by atoms with Crippen molar-refractivity contribution in [1.82, 2.24) is 15.2 Å². The lowest BCUT2D eigenvalue weighted by molar-refractivity contribution is -0.131. The van der Waals surface area contributed by atoms with Crippen LogP contribution in [0.1, 0.15) is 50.6 Å². The van der Waals surface area contributed by atoms with Crippen LogP contribution in [0.15, 0.2) is 24.4 Å². The van der Waals surface area contributed by atoms with E-state index < -0.39 is 9.84 Å². The summed E-state index contributed by atoms with van der Waals surface area (Å²) in [5.41, 5.74) is 0.802. The van der Waals surface area contributed by atoms with E-state index in [1.54, 1.807) is 11.1 Å². The number of nitrogens with zero attached hydrogens (tertiary/aromatic N) is 2. The van der Waals surface area contributed by atoms with E-state index in [1.165, 1.54) is 0 Å². The third-order valence-electron chi connectivity index (χ3n) is 5.50. The van der Waals surface area contributed by atoms with Crippen molar-refractivity contribution in [2.24, 2.45) is 0 Å². The molecule has 6 nitrogen and oxygen atoms in total. The first-order valence-electron chi connectivity index (χ1n) is 9.68. The Hall–Kier alpha value is -1.47. The van der Waals surface area contributed by atoms with Gasteiger partial charge in [0, 0.05) is 12.2 Å². The second-order valence-corrected chi connectivity index (χ2v) is 9.67. The van der Waals surface area contributed by atoms with E-state index in [0.29, 0.717) is 19.4 Å². The topological polar surface area (TPSA) is 79.4 Å². The van der Waals surface area contributed by atoms with Gasteiger partial charge >= 0.3 is 0 Å². The maximum absolute atomic E-state index is 13.0. The smallest absolute Gasteiger partial charge is 0.238 e. The molecule has 1 saturated heterocycles. The number of nitrogens with one attached hydrogen (secondary N) is 1. The van der Waals surface area contributed by atoms with Crippen LogP contribution >= 0.6 is 0 Å². The highest BCUT2D eigenvalue weighted by Crippen LogP contribution is 2.26. The first-order chi connectivity index (χ1) is 12.6. The Balaban J connectivity index is 1.75. The molecule has 1 saturated carbocycles. The average molecular weight is 380 g/mol. The van der Waals surface area contributed by atoms with Gasteiger partial charge in [0.1, 0.15) is 5.75 Å². The normalized spacial score (nSPS) is 22.1. The fourth-order valence-corrected chi connectivity index (χ4v) is 5.82. The average Bonchev–Trinajstić information content (AvgIpc) is 3.05. The number of pyridine rings is 1. The lowest BCUT2D eigenvalue weighted by Crippen LogP contribution is -2.44. The minimum atomic E-state index is -3.37. The van der Waals surface area contributed by atoms with E-state index in [2.05, 4.69) is 10.3 Å². The Morgan fingerprint density at radius 1 is 1.12 bits per heavy atom. The van der Waals surface area contributed by atoms with Crippen molar-refractivity contribution >= 4 is 15.7 Å². The third kappa shape index (κ3) is 5.04. The first-order valence-corrected chi connectivity index (χ1v) is 11.4. The van der Waals surface area contributed by atoms with Gasteiger partial charge in [-0.3, -0.25) is 9.78 Å². The quantitative estimate of drug-likeness (QED) is 0.817. The van der Waals surface area contributed by atoms with E-state index in [-0.39, 0.29) is 23.0 Å². The number of hydrogen-bond acceptors (Lipinski definition) is 5. The predicted octanol–water partition coefficient (Wildman–Crippen LogP) is 1.91. The maximum atomic E-state index is 13.0. The molecule has 1 unspecified atom stereocenters. The van der Waals surface area contributed by atoms with Crippen molar-refractivity contribution in [2.75, 3.05) is 18.8 Å². The zero-order valence-electron chi connectivity index (χ0n) is 15.3. The standard InChI is InChI=1S/C19H29N3O3S/c23-19(15-26(24,25)18-8-1-2-9-18)22(14-16-6-3-4-12-21-16)17-7-5-11-20-13-10-17/h3-4,6,12,17-18,20H,1-2,5,7-11,13-15H2. The van der Waals surface area contributed by atoms with Crippen molar-refractivity contribution in [3.05, 3.63) is 30.1 Å². The van der Waals surface area contributed by atoms with Gasteiger partial charge in [0.15, 0.2) is 9.84 Å². The Labute approximate surface area is 156 Å². The predicted molar refractivity (Wildman–Crippen MR) is 101 cm³/mol.